The van der Waals surface area contributed by atoms with Crippen molar-refractivity contribution >= 4 is 23.3 Å². The average molecular weight is 451 g/mol. The highest BCUT2D eigenvalue weighted by Gasteiger charge is 2.20. The average Bonchev–Trinajstić information content (AvgIpc) is 3.18. The maximum atomic E-state index is 11.7. The molecule has 1 unspecified atom stereocenters. The maximum absolute atomic E-state index is 11.7. The van der Waals surface area contributed by atoms with Gasteiger partial charge in [-0.25, -0.2) is 4.98 Å². The Morgan fingerprint density at radius 1 is 1.22 bits per heavy atom. The summed E-state index contributed by atoms with van der Waals surface area (Å²) in [6.45, 7) is 1.95. The van der Waals surface area contributed by atoms with E-state index in [4.69, 9.17) is 22.3 Å². The number of rotatable bonds is 7. The van der Waals surface area contributed by atoms with Crippen LogP contribution in [0.25, 0.3) is 22.4 Å². The molecule has 2 heterocycles. The van der Waals surface area contributed by atoms with Crippen LogP contribution in [0, 0.1) is 0 Å². The van der Waals surface area contributed by atoms with Gasteiger partial charge in [0.25, 0.3) is 5.91 Å². The minimum atomic E-state index is -0.689. The summed E-state index contributed by atoms with van der Waals surface area (Å²) in [5, 5.41) is 14.1. The molecule has 3 aromatic rings. The quantitative estimate of drug-likeness (QED) is 0.482. The van der Waals surface area contributed by atoms with Gasteiger partial charge in [-0.1, -0.05) is 29.8 Å². The number of aromatic hydroxyl groups is 1. The predicted octanol–water partition coefficient (Wildman–Crippen LogP) is 4.77. The van der Waals surface area contributed by atoms with E-state index in [1.165, 1.54) is 18.9 Å². The molecule has 1 atom stereocenters. The first-order valence-electron chi connectivity index (χ1n) is 10.8. The standard InChI is InChI=1S/C25H27ClN4O2/c1-30-12-4-5-18(30)10-11-28-24-15-17(19-6-2-3-7-21(19)26)14-22(29-24)16-8-9-23(31)20(13-16)25(27)32/h2-3,6-9,13-15,18,31H,4-5,10-12H2,1H3,(H2,27,32)(H,28,29). The third kappa shape index (κ3) is 4.87. The molecule has 0 spiro atoms. The van der Waals surface area contributed by atoms with E-state index in [9.17, 15) is 9.90 Å². The summed E-state index contributed by atoms with van der Waals surface area (Å²) in [4.78, 5) is 18.9. The molecule has 1 fully saturated rings. The molecule has 1 aliphatic rings. The lowest BCUT2D eigenvalue weighted by molar-refractivity contribution is 0.0998. The number of likely N-dealkylation sites (tertiary alicyclic amines) is 1. The molecule has 4 rings (SSSR count). The Morgan fingerprint density at radius 3 is 2.75 bits per heavy atom. The first kappa shape index (κ1) is 22.1. The number of nitrogens with two attached hydrogens (primary N) is 1. The van der Waals surface area contributed by atoms with Gasteiger partial charge in [-0.2, -0.15) is 0 Å². The van der Waals surface area contributed by atoms with Gasteiger partial charge in [-0.3, -0.25) is 4.79 Å². The number of anilines is 1. The minimum absolute atomic E-state index is 0.0613. The lowest BCUT2D eigenvalue weighted by Crippen LogP contribution is -2.27. The van der Waals surface area contributed by atoms with Crippen LogP contribution in [0.15, 0.2) is 54.6 Å². The second-order valence-corrected chi connectivity index (χ2v) is 8.60. The SMILES string of the molecule is CN1CCCC1CCNc1cc(-c2ccccc2Cl)cc(-c2ccc(O)c(C(N)=O)c2)n1. The zero-order valence-electron chi connectivity index (χ0n) is 18.0. The Hall–Kier alpha value is -3.09. The first-order valence-corrected chi connectivity index (χ1v) is 11.1. The summed E-state index contributed by atoms with van der Waals surface area (Å²) < 4.78 is 0. The molecule has 0 radical (unpaired) electrons. The van der Waals surface area contributed by atoms with E-state index in [2.05, 4.69) is 17.3 Å². The van der Waals surface area contributed by atoms with E-state index in [1.807, 2.05) is 36.4 Å². The number of hydrogen-bond donors (Lipinski definition) is 3. The third-order valence-corrected chi connectivity index (χ3v) is 6.35. The number of pyridine rings is 1. The van der Waals surface area contributed by atoms with Crippen molar-refractivity contribution in [2.75, 3.05) is 25.5 Å². The number of phenols is 1. The van der Waals surface area contributed by atoms with Gasteiger partial charge in [0.2, 0.25) is 0 Å². The van der Waals surface area contributed by atoms with Crippen molar-refractivity contribution in [1.82, 2.24) is 9.88 Å². The Kier molecular flexibility index (Phi) is 6.63. The predicted molar refractivity (Wildman–Crippen MR) is 129 cm³/mol. The molecule has 32 heavy (non-hydrogen) atoms. The number of carbonyl (C=O) groups excluding carboxylic acids is 1. The number of hydrogen-bond acceptors (Lipinski definition) is 5. The molecule has 0 bridgehead atoms. The van der Waals surface area contributed by atoms with Crippen molar-refractivity contribution in [2.24, 2.45) is 5.73 Å². The normalized spacial score (nSPS) is 16.2. The smallest absolute Gasteiger partial charge is 0.252 e. The van der Waals surface area contributed by atoms with Gasteiger partial charge in [0.05, 0.1) is 11.3 Å². The van der Waals surface area contributed by atoms with E-state index in [0.717, 1.165) is 36.5 Å². The Balaban J connectivity index is 1.68. The van der Waals surface area contributed by atoms with Crippen molar-refractivity contribution in [3.05, 3.63) is 65.2 Å². The van der Waals surface area contributed by atoms with E-state index in [-0.39, 0.29) is 11.3 Å². The topological polar surface area (TPSA) is 91.5 Å². The van der Waals surface area contributed by atoms with Gasteiger partial charge >= 0.3 is 0 Å². The van der Waals surface area contributed by atoms with Crippen LogP contribution in [0.5, 0.6) is 5.75 Å². The number of carbonyl (C=O) groups is 1. The van der Waals surface area contributed by atoms with Crippen molar-refractivity contribution in [3.63, 3.8) is 0 Å². The summed E-state index contributed by atoms with van der Waals surface area (Å²) in [7, 11) is 2.17. The van der Waals surface area contributed by atoms with Crippen LogP contribution < -0.4 is 11.1 Å². The molecule has 2 aromatic carbocycles. The van der Waals surface area contributed by atoms with Crippen LogP contribution in [-0.2, 0) is 0 Å². The summed E-state index contributed by atoms with van der Waals surface area (Å²) in [5.74, 6) is -0.111. The molecular formula is C25H27ClN4O2. The fourth-order valence-corrected chi connectivity index (χ4v) is 4.47. The molecule has 6 nitrogen and oxygen atoms in total. The van der Waals surface area contributed by atoms with E-state index < -0.39 is 5.91 Å². The van der Waals surface area contributed by atoms with Gasteiger partial charge in [-0.15, -0.1) is 0 Å². The van der Waals surface area contributed by atoms with Crippen LogP contribution in [0.3, 0.4) is 0 Å². The zero-order valence-corrected chi connectivity index (χ0v) is 18.8. The lowest BCUT2D eigenvalue weighted by Gasteiger charge is -2.19. The molecule has 1 amide bonds. The number of benzene rings is 2. The molecule has 166 valence electrons. The van der Waals surface area contributed by atoms with Crippen molar-refractivity contribution in [1.29, 1.82) is 0 Å². The number of halogens is 1. The Bertz CT molecular complexity index is 1130. The molecule has 7 heteroatoms. The number of amides is 1. The number of primary amides is 1. The van der Waals surface area contributed by atoms with Gasteiger partial charge in [0, 0.05) is 28.7 Å². The summed E-state index contributed by atoms with van der Waals surface area (Å²) >= 11 is 6.46. The van der Waals surface area contributed by atoms with Gasteiger partial charge in [-0.05, 0) is 74.8 Å². The highest BCUT2D eigenvalue weighted by Crippen LogP contribution is 2.33. The molecule has 4 N–H and O–H groups in total. The fraction of sp³-hybridized carbons (Fsp3) is 0.280. The van der Waals surface area contributed by atoms with Crippen molar-refractivity contribution in [3.8, 4) is 28.1 Å². The lowest BCUT2D eigenvalue weighted by atomic mass is 10.0. The van der Waals surface area contributed by atoms with Crippen LogP contribution in [-0.4, -0.2) is 47.1 Å². The highest BCUT2D eigenvalue weighted by molar-refractivity contribution is 6.33. The van der Waals surface area contributed by atoms with E-state index in [0.29, 0.717) is 22.3 Å². The van der Waals surface area contributed by atoms with E-state index >= 15 is 0 Å². The first-order chi connectivity index (χ1) is 15.4. The summed E-state index contributed by atoms with van der Waals surface area (Å²) in [6, 6.07) is 16.9. The van der Waals surface area contributed by atoms with Crippen LogP contribution in [0.2, 0.25) is 5.02 Å². The maximum Gasteiger partial charge on any atom is 0.252 e. The number of nitrogens with zero attached hydrogens (tertiary/aromatic N) is 2. The highest BCUT2D eigenvalue weighted by atomic mass is 35.5. The van der Waals surface area contributed by atoms with Crippen molar-refractivity contribution < 1.29 is 9.90 Å². The summed E-state index contributed by atoms with van der Waals surface area (Å²) in [6.07, 6.45) is 3.50. The summed E-state index contributed by atoms with van der Waals surface area (Å²) in [5.41, 5.74) is 8.62. The van der Waals surface area contributed by atoms with Crippen LogP contribution in [0.1, 0.15) is 29.6 Å². The second kappa shape index (κ2) is 9.59. The second-order valence-electron chi connectivity index (χ2n) is 8.19. The fourth-order valence-electron chi connectivity index (χ4n) is 4.22. The van der Waals surface area contributed by atoms with Gasteiger partial charge in [0.15, 0.2) is 0 Å². The minimum Gasteiger partial charge on any atom is -0.507 e. The van der Waals surface area contributed by atoms with Crippen LogP contribution in [0.4, 0.5) is 5.82 Å². The van der Waals surface area contributed by atoms with E-state index in [1.54, 1.807) is 12.1 Å². The van der Waals surface area contributed by atoms with Gasteiger partial charge < -0.3 is 21.1 Å². The Morgan fingerprint density at radius 2 is 2.03 bits per heavy atom. The largest absolute Gasteiger partial charge is 0.507 e. The molecule has 0 aliphatic carbocycles. The zero-order chi connectivity index (χ0) is 22.7. The molecule has 0 saturated carbocycles. The third-order valence-electron chi connectivity index (χ3n) is 6.02. The molecule has 1 saturated heterocycles. The van der Waals surface area contributed by atoms with Crippen LogP contribution >= 0.6 is 11.6 Å². The molecular weight excluding hydrogens is 424 g/mol. The number of nitrogens with one attached hydrogen (secondary N) is 1. The molecule has 1 aromatic heterocycles. The Labute approximate surface area is 193 Å². The number of aromatic nitrogens is 1. The van der Waals surface area contributed by atoms with Gasteiger partial charge in [0.1, 0.15) is 11.6 Å². The monoisotopic (exact) mass is 450 g/mol. The molecule has 1 aliphatic heterocycles. The van der Waals surface area contributed by atoms with Crippen molar-refractivity contribution in [2.45, 2.75) is 25.3 Å².